The van der Waals surface area contributed by atoms with E-state index >= 15 is 0 Å². The first-order valence-electron chi connectivity index (χ1n) is 22.6. The SMILES string of the molecule is CCCC/C=C/CCCCCCCCCCCC(=O)OC[C@H](COP(=O)(O)OC[C@@H](O)CO)OC(=O)CCCCCCCCCCCCCCCCCCC. The van der Waals surface area contributed by atoms with Gasteiger partial charge in [-0.1, -0.05) is 187 Å². The fourth-order valence-electron chi connectivity index (χ4n) is 6.39. The van der Waals surface area contributed by atoms with Crippen LogP contribution in [0.15, 0.2) is 12.2 Å². The molecule has 1 unspecified atom stereocenters. The number of hydrogen-bond acceptors (Lipinski definition) is 9. The van der Waals surface area contributed by atoms with Crippen molar-refractivity contribution < 1.29 is 47.8 Å². The van der Waals surface area contributed by atoms with Gasteiger partial charge in [0.05, 0.1) is 19.8 Å². The number of carbonyl (C=O) groups excluding carboxylic acids is 2. The van der Waals surface area contributed by atoms with Gasteiger partial charge in [-0.15, -0.1) is 0 Å². The zero-order valence-corrected chi connectivity index (χ0v) is 36.3. The highest BCUT2D eigenvalue weighted by Gasteiger charge is 2.27. The van der Waals surface area contributed by atoms with Crippen LogP contribution in [0.2, 0.25) is 0 Å². The van der Waals surface area contributed by atoms with Gasteiger partial charge < -0.3 is 24.6 Å². The summed E-state index contributed by atoms with van der Waals surface area (Å²) < 4.78 is 32.8. The highest BCUT2D eigenvalue weighted by molar-refractivity contribution is 7.47. The molecule has 0 aromatic heterocycles. The average Bonchev–Trinajstić information content (AvgIpc) is 3.17. The lowest BCUT2D eigenvalue weighted by Crippen LogP contribution is -2.29. The molecule has 0 saturated heterocycles. The maximum atomic E-state index is 12.6. The standard InChI is InChI=1S/C44H85O10P/c1-3-5-7-9-11-13-15-17-19-20-22-24-26-28-30-32-34-36-44(48)54-42(40-53-55(49,50)52-38-41(46)37-45)39-51-43(47)35-33-31-29-27-25-23-21-18-16-14-12-10-8-6-4-2/h10,12,41-42,45-46H,3-9,11,13-40H2,1-2H3,(H,49,50)/b12-10+/t41-,42+/m0/s1. The number of carbonyl (C=O) groups is 2. The van der Waals surface area contributed by atoms with Crippen molar-refractivity contribution in [1.29, 1.82) is 0 Å². The van der Waals surface area contributed by atoms with Crippen molar-refractivity contribution in [3.05, 3.63) is 12.2 Å². The lowest BCUT2D eigenvalue weighted by atomic mass is 10.0. The first-order valence-corrected chi connectivity index (χ1v) is 24.1. The molecule has 0 aliphatic carbocycles. The molecule has 3 N–H and O–H groups in total. The van der Waals surface area contributed by atoms with Gasteiger partial charge in [0.1, 0.15) is 12.7 Å². The quantitative estimate of drug-likeness (QED) is 0.0235. The number of aliphatic hydroxyl groups is 2. The third-order valence-electron chi connectivity index (χ3n) is 9.92. The molecule has 0 rings (SSSR count). The highest BCUT2D eigenvalue weighted by atomic mass is 31.2. The van der Waals surface area contributed by atoms with Crippen LogP contribution in [0.1, 0.15) is 219 Å². The van der Waals surface area contributed by atoms with Gasteiger partial charge in [0.2, 0.25) is 0 Å². The molecule has 0 heterocycles. The largest absolute Gasteiger partial charge is 0.472 e. The topological polar surface area (TPSA) is 149 Å². The second-order valence-electron chi connectivity index (χ2n) is 15.4. The highest BCUT2D eigenvalue weighted by Crippen LogP contribution is 2.43. The molecule has 0 amide bonds. The lowest BCUT2D eigenvalue weighted by Gasteiger charge is -2.20. The molecule has 0 radical (unpaired) electrons. The van der Waals surface area contributed by atoms with Crippen molar-refractivity contribution in [2.75, 3.05) is 26.4 Å². The van der Waals surface area contributed by atoms with Gasteiger partial charge in [0.25, 0.3) is 0 Å². The van der Waals surface area contributed by atoms with Gasteiger partial charge in [-0.2, -0.15) is 0 Å². The maximum Gasteiger partial charge on any atom is 0.472 e. The second-order valence-corrected chi connectivity index (χ2v) is 16.9. The summed E-state index contributed by atoms with van der Waals surface area (Å²) in [5, 5.41) is 18.3. The summed E-state index contributed by atoms with van der Waals surface area (Å²) in [7, 11) is -4.61. The Morgan fingerprint density at radius 1 is 0.527 bits per heavy atom. The normalized spacial score (nSPS) is 13.9. The summed E-state index contributed by atoms with van der Waals surface area (Å²) in [5.41, 5.74) is 0. The minimum atomic E-state index is -4.61. The number of unbranched alkanes of at least 4 members (excludes halogenated alkanes) is 27. The fraction of sp³-hybridized carbons (Fsp3) is 0.909. The van der Waals surface area contributed by atoms with Crippen LogP contribution < -0.4 is 0 Å². The summed E-state index contributed by atoms with van der Waals surface area (Å²) >= 11 is 0. The zero-order chi connectivity index (χ0) is 40.5. The van der Waals surface area contributed by atoms with E-state index in [-0.39, 0.29) is 19.4 Å². The number of ether oxygens (including phenoxy) is 2. The summed E-state index contributed by atoms with van der Waals surface area (Å²) in [5.74, 6) is -0.915. The Morgan fingerprint density at radius 2 is 0.909 bits per heavy atom. The van der Waals surface area contributed by atoms with Gasteiger partial charge >= 0.3 is 19.8 Å². The number of aliphatic hydroxyl groups excluding tert-OH is 2. The summed E-state index contributed by atoms with van der Waals surface area (Å²) in [6.45, 7) is 2.38. The fourth-order valence-corrected chi connectivity index (χ4v) is 7.18. The van der Waals surface area contributed by atoms with Crippen LogP contribution in [0.5, 0.6) is 0 Å². The summed E-state index contributed by atoms with van der Waals surface area (Å²) in [4.78, 5) is 35.0. The minimum absolute atomic E-state index is 0.190. The Kier molecular flexibility index (Phi) is 39.9. The van der Waals surface area contributed by atoms with E-state index in [9.17, 15) is 24.2 Å². The smallest absolute Gasteiger partial charge is 0.462 e. The van der Waals surface area contributed by atoms with Gasteiger partial charge in [-0.05, 0) is 32.1 Å². The Bertz CT molecular complexity index is 930. The van der Waals surface area contributed by atoms with Crippen molar-refractivity contribution in [2.24, 2.45) is 0 Å². The number of rotatable bonds is 43. The van der Waals surface area contributed by atoms with E-state index in [4.69, 9.17) is 23.6 Å². The molecule has 0 saturated carbocycles. The number of phosphoric acid groups is 1. The lowest BCUT2D eigenvalue weighted by molar-refractivity contribution is -0.161. The van der Waals surface area contributed by atoms with Crippen LogP contribution in [-0.4, -0.2) is 65.7 Å². The molecular weight excluding hydrogens is 719 g/mol. The van der Waals surface area contributed by atoms with E-state index in [1.165, 1.54) is 141 Å². The Morgan fingerprint density at radius 3 is 1.36 bits per heavy atom. The molecule has 0 aliphatic rings. The Balaban J connectivity index is 4.23. The molecular formula is C44H85O10P. The Labute approximate surface area is 336 Å². The molecule has 0 spiro atoms. The van der Waals surface area contributed by atoms with Gasteiger partial charge in [0, 0.05) is 12.8 Å². The molecule has 11 heteroatoms. The summed E-state index contributed by atoms with van der Waals surface area (Å²) in [6.07, 6.45) is 38.8. The molecule has 0 bridgehead atoms. The molecule has 3 atom stereocenters. The van der Waals surface area contributed by atoms with E-state index in [2.05, 4.69) is 26.0 Å². The van der Waals surface area contributed by atoms with Crippen LogP contribution in [0.25, 0.3) is 0 Å². The van der Waals surface area contributed by atoms with Crippen LogP contribution in [0.3, 0.4) is 0 Å². The molecule has 0 aromatic rings. The summed E-state index contributed by atoms with van der Waals surface area (Å²) in [6, 6.07) is 0. The first-order chi connectivity index (χ1) is 26.7. The van der Waals surface area contributed by atoms with E-state index in [0.29, 0.717) is 12.8 Å². The minimum Gasteiger partial charge on any atom is -0.462 e. The predicted molar refractivity (Wildman–Crippen MR) is 224 cm³/mol. The first kappa shape index (κ1) is 53.7. The van der Waals surface area contributed by atoms with Crippen LogP contribution in [0.4, 0.5) is 0 Å². The van der Waals surface area contributed by atoms with Gasteiger partial charge in [0.15, 0.2) is 6.10 Å². The average molecular weight is 805 g/mol. The van der Waals surface area contributed by atoms with Crippen molar-refractivity contribution in [3.63, 3.8) is 0 Å². The van der Waals surface area contributed by atoms with Crippen molar-refractivity contribution >= 4 is 19.8 Å². The van der Waals surface area contributed by atoms with Gasteiger partial charge in [-0.3, -0.25) is 18.6 Å². The third kappa shape index (κ3) is 40.7. The van der Waals surface area contributed by atoms with E-state index in [0.717, 1.165) is 38.5 Å². The third-order valence-corrected chi connectivity index (χ3v) is 10.9. The van der Waals surface area contributed by atoms with E-state index < -0.39 is 51.8 Å². The number of hydrogen-bond donors (Lipinski definition) is 3. The van der Waals surface area contributed by atoms with Gasteiger partial charge in [-0.25, -0.2) is 4.57 Å². The predicted octanol–water partition coefficient (Wildman–Crippen LogP) is 12.0. The molecule has 326 valence electrons. The van der Waals surface area contributed by atoms with E-state index in [1.807, 2.05) is 0 Å². The van der Waals surface area contributed by atoms with Crippen LogP contribution in [0, 0.1) is 0 Å². The van der Waals surface area contributed by atoms with Crippen LogP contribution in [-0.2, 0) is 32.7 Å². The number of allylic oxidation sites excluding steroid dienone is 2. The molecule has 0 aromatic carbocycles. The van der Waals surface area contributed by atoms with E-state index in [1.54, 1.807) is 0 Å². The molecule has 0 aliphatic heterocycles. The van der Waals surface area contributed by atoms with Crippen molar-refractivity contribution in [3.8, 4) is 0 Å². The monoisotopic (exact) mass is 805 g/mol. The second kappa shape index (κ2) is 40.9. The zero-order valence-electron chi connectivity index (χ0n) is 35.4. The van der Waals surface area contributed by atoms with Crippen LogP contribution >= 0.6 is 7.82 Å². The number of esters is 2. The molecule has 55 heavy (non-hydrogen) atoms. The van der Waals surface area contributed by atoms with Crippen molar-refractivity contribution in [1.82, 2.24) is 0 Å². The maximum absolute atomic E-state index is 12.6. The number of phosphoric ester groups is 1. The van der Waals surface area contributed by atoms with Crippen molar-refractivity contribution in [2.45, 2.75) is 232 Å². The molecule has 0 fully saturated rings. The Hall–Kier alpha value is -1.29. The molecule has 10 nitrogen and oxygen atoms in total.